The van der Waals surface area contributed by atoms with Crippen molar-refractivity contribution in [3.8, 4) is 0 Å². The average Bonchev–Trinajstić information content (AvgIpc) is 2.74. The van der Waals surface area contributed by atoms with Crippen LogP contribution in [0.15, 0.2) is 77.9 Å². The Labute approximate surface area is 172 Å². The van der Waals surface area contributed by atoms with E-state index in [-0.39, 0.29) is 11.6 Å². The van der Waals surface area contributed by atoms with Crippen molar-refractivity contribution in [1.29, 1.82) is 0 Å². The van der Waals surface area contributed by atoms with Gasteiger partial charge in [-0.3, -0.25) is 19.7 Å². The minimum absolute atomic E-state index is 0.0224. The van der Waals surface area contributed by atoms with E-state index < -0.39 is 10.8 Å². The van der Waals surface area contributed by atoms with Gasteiger partial charge in [0.05, 0.1) is 11.1 Å². The zero-order valence-corrected chi connectivity index (χ0v) is 16.0. The first-order chi connectivity index (χ1) is 14.4. The first kappa shape index (κ1) is 20.4. The zero-order valence-electron chi connectivity index (χ0n) is 16.0. The lowest BCUT2D eigenvalue weighted by molar-refractivity contribution is -0.384. The molecule has 8 nitrogen and oxygen atoms in total. The van der Waals surface area contributed by atoms with Gasteiger partial charge in [-0.1, -0.05) is 17.7 Å². The molecule has 0 unspecified atom stereocenters. The van der Waals surface area contributed by atoms with Gasteiger partial charge in [0, 0.05) is 28.9 Å². The molecule has 0 radical (unpaired) electrons. The molecule has 0 saturated heterocycles. The van der Waals surface area contributed by atoms with Crippen LogP contribution in [0.2, 0.25) is 0 Å². The number of amides is 2. The number of hydrazone groups is 1. The molecule has 0 aliphatic rings. The van der Waals surface area contributed by atoms with E-state index in [4.69, 9.17) is 0 Å². The van der Waals surface area contributed by atoms with E-state index in [1.54, 1.807) is 36.4 Å². The van der Waals surface area contributed by atoms with Crippen LogP contribution in [0.25, 0.3) is 0 Å². The second kappa shape index (κ2) is 9.24. The molecular formula is C22H18N4O4. The minimum Gasteiger partial charge on any atom is -0.322 e. The average molecular weight is 402 g/mol. The van der Waals surface area contributed by atoms with Crippen molar-refractivity contribution < 1.29 is 14.5 Å². The maximum absolute atomic E-state index is 12.3. The van der Waals surface area contributed by atoms with Crippen LogP contribution in [0.5, 0.6) is 0 Å². The van der Waals surface area contributed by atoms with Crippen LogP contribution in [-0.2, 0) is 0 Å². The Morgan fingerprint density at radius 2 is 1.63 bits per heavy atom. The van der Waals surface area contributed by atoms with E-state index in [9.17, 15) is 19.7 Å². The fourth-order valence-corrected chi connectivity index (χ4v) is 2.61. The molecule has 8 heteroatoms. The summed E-state index contributed by atoms with van der Waals surface area (Å²) < 4.78 is 0. The third kappa shape index (κ3) is 5.35. The molecule has 0 atom stereocenters. The van der Waals surface area contributed by atoms with Crippen molar-refractivity contribution in [2.24, 2.45) is 5.10 Å². The molecule has 2 amide bonds. The standard InChI is InChI=1S/C22H18N4O4/c1-15-3-2-4-18(13-15)21(27)24-19-9-7-17(8-10-19)22(28)25-23-14-16-5-11-20(12-6-16)26(29)30/h2-14H,1H3,(H,24,27)(H,25,28)/b23-14-. The Bertz CT molecular complexity index is 1110. The lowest BCUT2D eigenvalue weighted by Crippen LogP contribution is -2.17. The van der Waals surface area contributed by atoms with Crippen LogP contribution in [0.1, 0.15) is 31.8 Å². The normalized spacial score (nSPS) is 10.6. The largest absolute Gasteiger partial charge is 0.322 e. The summed E-state index contributed by atoms with van der Waals surface area (Å²) in [5, 5.41) is 17.3. The molecular weight excluding hydrogens is 384 g/mol. The molecule has 3 rings (SSSR count). The Kier molecular flexibility index (Phi) is 6.29. The Hall–Kier alpha value is -4.33. The Balaban J connectivity index is 1.56. The molecule has 0 saturated carbocycles. The molecule has 0 fully saturated rings. The minimum atomic E-state index is -0.490. The van der Waals surface area contributed by atoms with Gasteiger partial charge in [-0.05, 0) is 61.0 Å². The molecule has 2 N–H and O–H groups in total. The highest BCUT2D eigenvalue weighted by Gasteiger charge is 2.08. The van der Waals surface area contributed by atoms with Gasteiger partial charge in [0.15, 0.2) is 0 Å². The van der Waals surface area contributed by atoms with Crippen molar-refractivity contribution in [1.82, 2.24) is 5.43 Å². The van der Waals surface area contributed by atoms with Crippen LogP contribution in [-0.4, -0.2) is 23.0 Å². The fraction of sp³-hybridized carbons (Fsp3) is 0.0455. The van der Waals surface area contributed by atoms with E-state index in [0.29, 0.717) is 22.4 Å². The van der Waals surface area contributed by atoms with E-state index >= 15 is 0 Å². The van der Waals surface area contributed by atoms with E-state index in [1.165, 1.54) is 30.5 Å². The number of nitrogens with zero attached hydrogens (tertiary/aromatic N) is 2. The van der Waals surface area contributed by atoms with Gasteiger partial charge >= 0.3 is 0 Å². The monoisotopic (exact) mass is 402 g/mol. The quantitative estimate of drug-likeness (QED) is 0.369. The SMILES string of the molecule is Cc1cccc(C(=O)Nc2ccc(C(=O)N/N=C\c3ccc([N+](=O)[O-])cc3)cc2)c1. The summed E-state index contributed by atoms with van der Waals surface area (Å²) in [6, 6.07) is 19.4. The molecule has 150 valence electrons. The number of aryl methyl sites for hydroxylation is 1. The number of nitro benzene ring substituents is 1. The molecule has 3 aromatic carbocycles. The number of carbonyl (C=O) groups is 2. The topological polar surface area (TPSA) is 114 Å². The molecule has 0 aliphatic carbocycles. The predicted molar refractivity (Wildman–Crippen MR) is 114 cm³/mol. The number of rotatable bonds is 6. The molecule has 30 heavy (non-hydrogen) atoms. The number of hydrogen-bond acceptors (Lipinski definition) is 5. The van der Waals surface area contributed by atoms with E-state index in [0.717, 1.165) is 5.56 Å². The fourth-order valence-electron chi connectivity index (χ4n) is 2.61. The lowest BCUT2D eigenvalue weighted by Gasteiger charge is -2.07. The summed E-state index contributed by atoms with van der Waals surface area (Å²) in [7, 11) is 0. The second-order valence-corrected chi connectivity index (χ2v) is 6.45. The summed E-state index contributed by atoms with van der Waals surface area (Å²) in [6.45, 7) is 1.91. The highest BCUT2D eigenvalue weighted by Crippen LogP contribution is 2.13. The van der Waals surface area contributed by atoms with Gasteiger partial charge in [0.25, 0.3) is 17.5 Å². The van der Waals surface area contributed by atoms with Crippen LogP contribution in [0.3, 0.4) is 0 Å². The summed E-state index contributed by atoms with van der Waals surface area (Å²) in [5.41, 5.74) is 5.44. The van der Waals surface area contributed by atoms with Crippen molar-refractivity contribution in [3.63, 3.8) is 0 Å². The van der Waals surface area contributed by atoms with Gasteiger partial charge in [0.2, 0.25) is 0 Å². The summed E-state index contributed by atoms with van der Waals surface area (Å²) in [4.78, 5) is 34.6. The first-order valence-electron chi connectivity index (χ1n) is 8.98. The zero-order chi connectivity index (χ0) is 21.5. The third-order valence-electron chi connectivity index (χ3n) is 4.17. The van der Waals surface area contributed by atoms with Crippen LogP contribution in [0, 0.1) is 17.0 Å². The smallest absolute Gasteiger partial charge is 0.271 e. The number of non-ortho nitro benzene ring substituents is 1. The molecule has 0 bridgehead atoms. The van der Waals surface area contributed by atoms with Gasteiger partial charge < -0.3 is 5.32 Å². The molecule has 0 heterocycles. The van der Waals surface area contributed by atoms with Gasteiger partial charge in [-0.25, -0.2) is 5.43 Å². The summed E-state index contributed by atoms with van der Waals surface area (Å²) in [6.07, 6.45) is 1.39. The third-order valence-corrected chi connectivity index (χ3v) is 4.17. The maximum Gasteiger partial charge on any atom is 0.271 e. The lowest BCUT2D eigenvalue weighted by atomic mass is 10.1. The van der Waals surface area contributed by atoms with Gasteiger partial charge in [0.1, 0.15) is 0 Å². The number of carbonyl (C=O) groups excluding carboxylic acids is 2. The van der Waals surface area contributed by atoms with Gasteiger partial charge in [-0.2, -0.15) is 5.10 Å². The second-order valence-electron chi connectivity index (χ2n) is 6.45. The van der Waals surface area contributed by atoms with Crippen molar-refractivity contribution >= 4 is 29.4 Å². The number of nitro groups is 1. The van der Waals surface area contributed by atoms with Crippen molar-refractivity contribution in [3.05, 3.63) is 105 Å². The number of anilines is 1. The van der Waals surface area contributed by atoms with Crippen LogP contribution in [0.4, 0.5) is 11.4 Å². The predicted octanol–water partition coefficient (Wildman–Crippen LogP) is 3.92. The molecule has 0 aromatic heterocycles. The first-order valence-corrected chi connectivity index (χ1v) is 8.98. The molecule has 3 aromatic rings. The highest BCUT2D eigenvalue weighted by molar-refractivity contribution is 6.04. The number of benzene rings is 3. The van der Waals surface area contributed by atoms with E-state index in [2.05, 4.69) is 15.8 Å². The Morgan fingerprint density at radius 3 is 2.27 bits per heavy atom. The Morgan fingerprint density at radius 1 is 0.933 bits per heavy atom. The summed E-state index contributed by atoms with van der Waals surface area (Å²) in [5.74, 6) is -0.659. The highest BCUT2D eigenvalue weighted by atomic mass is 16.6. The van der Waals surface area contributed by atoms with Crippen LogP contribution < -0.4 is 10.7 Å². The maximum atomic E-state index is 12.3. The van der Waals surface area contributed by atoms with Crippen molar-refractivity contribution in [2.45, 2.75) is 6.92 Å². The summed E-state index contributed by atoms with van der Waals surface area (Å²) >= 11 is 0. The number of hydrogen-bond donors (Lipinski definition) is 2. The van der Waals surface area contributed by atoms with Crippen LogP contribution >= 0.6 is 0 Å². The van der Waals surface area contributed by atoms with Gasteiger partial charge in [-0.15, -0.1) is 0 Å². The van der Waals surface area contributed by atoms with Crippen molar-refractivity contribution in [2.75, 3.05) is 5.32 Å². The molecule has 0 spiro atoms. The van der Waals surface area contributed by atoms with E-state index in [1.807, 2.05) is 19.1 Å². The molecule has 0 aliphatic heterocycles. The number of nitrogens with one attached hydrogen (secondary N) is 2.